The van der Waals surface area contributed by atoms with Crippen LogP contribution in [0.1, 0.15) is 5.56 Å². The SMILES string of the molecule is COc1ccc(NC(=O)Cc2cc[nH]c2)cc1. The van der Waals surface area contributed by atoms with E-state index in [0.717, 1.165) is 17.0 Å². The number of carbonyl (C=O) groups excluding carboxylic acids is 1. The van der Waals surface area contributed by atoms with Crippen molar-refractivity contribution in [3.8, 4) is 5.75 Å². The van der Waals surface area contributed by atoms with Crippen molar-refractivity contribution in [3.63, 3.8) is 0 Å². The first-order valence-electron chi connectivity index (χ1n) is 5.33. The number of H-pyrrole nitrogens is 1. The highest BCUT2D eigenvalue weighted by Crippen LogP contribution is 2.15. The van der Waals surface area contributed by atoms with E-state index < -0.39 is 0 Å². The Labute approximate surface area is 99.6 Å². The molecule has 0 spiro atoms. The minimum Gasteiger partial charge on any atom is -0.497 e. The summed E-state index contributed by atoms with van der Waals surface area (Å²) in [4.78, 5) is 14.6. The minimum absolute atomic E-state index is 0.0326. The number of methoxy groups -OCH3 is 1. The molecule has 2 aromatic rings. The van der Waals surface area contributed by atoms with E-state index in [1.165, 1.54) is 0 Å². The van der Waals surface area contributed by atoms with Gasteiger partial charge in [-0.25, -0.2) is 0 Å². The van der Waals surface area contributed by atoms with Crippen molar-refractivity contribution in [2.45, 2.75) is 6.42 Å². The molecule has 0 unspecified atom stereocenters. The predicted octanol–water partition coefficient (Wildman–Crippen LogP) is 2.20. The maximum Gasteiger partial charge on any atom is 0.228 e. The summed E-state index contributed by atoms with van der Waals surface area (Å²) in [5.74, 6) is 0.739. The molecule has 1 amide bonds. The summed E-state index contributed by atoms with van der Waals surface area (Å²) in [7, 11) is 1.61. The number of hydrogen-bond donors (Lipinski definition) is 2. The Morgan fingerprint density at radius 1 is 1.29 bits per heavy atom. The fourth-order valence-electron chi connectivity index (χ4n) is 1.53. The van der Waals surface area contributed by atoms with Gasteiger partial charge in [-0.15, -0.1) is 0 Å². The number of ether oxygens (including phenoxy) is 1. The van der Waals surface area contributed by atoms with Crippen LogP contribution in [0.25, 0.3) is 0 Å². The summed E-state index contributed by atoms with van der Waals surface area (Å²) in [5.41, 5.74) is 1.74. The second-order valence-electron chi connectivity index (χ2n) is 3.67. The monoisotopic (exact) mass is 230 g/mol. The zero-order valence-electron chi connectivity index (χ0n) is 9.57. The number of rotatable bonds is 4. The largest absolute Gasteiger partial charge is 0.497 e. The summed E-state index contributed by atoms with van der Waals surface area (Å²) < 4.78 is 5.04. The highest BCUT2D eigenvalue weighted by Gasteiger charge is 2.04. The lowest BCUT2D eigenvalue weighted by molar-refractivity contribution is -0.115. The average molecular weight is 230 g/mol. The van der Waals surface area contributed by atoms with Crippen LogP contribution >= 0.6 is 0 Å². The number of anilines is 1. The van der Waals surface area contributed by atoms with Crippen LogP contribution in [0.4, 0.5) is 5.69 Å². The van der Waals surface area contributed by atoms with Gasteiger partial charge in [0.2, 0.25) is 5.91 Å². The van der Waals surface area contributed by atoms with Gasteiger partial charge in [0.05, 0.1) is 13.5 Å². The molecule has 0 saturated heterocycles. The van der Waals surface area contributed by atoms with Gasteiger partial charge in [0, 0.05) is 18.1 Å². The molecule has 88 valence electrons. The summed E-state index contributed by atoms with van der Waals surface area (Å²) in [6.07, 6.45) is 3.99. The second kappa shape index (κ2) is 5.21. The molecule has 1 aromatic carbocycles. The molecule has 0 bridgehead atoms. The number of amides is 1. The lowest BCUT2D eigenvalue weighted by Crippen LogP contribution is -2.13. The Balaban J connectivity index is 1.93. The van der Waals surface area contributed by atoms with E-state index in [1.54, 1.807) is 13.3 Å². The first-order valence-corrected chi connectivity index (χ1v) is 5.33. The molecule has 2 rings (SSSR count). The number of benzene rings is 1. The van der Waals surface area contributed by atoms with E-state index in [2.05, 4.69) is 10.3 Å². The summed E-state index contributed by atoms with van der Waals surface area (Å²) in [5, 5.41) is 2.82. The Bertz CT molecular complexity index is 475. The van der Waals surface area contributed by atoms with Crippen LogP contribution in [-0.2, 0) is 11.2 Å². The molecule has 4 nitrogen and oxygen atoms in total. The number of hydrogen-bond acceptors (Lipinski definition) is 2. The average Bonchev–Trinajstić information content (AvgIpc) is 2.82. The summed E-state index contributed by atoms with van der Waals surface area (Å²) in [6.45, 7) is 0. The van der Waals surface area contributed by atoms with Crippen LogP contribution in [0.2, 0.25) is 0 Å². The molecule has 0 aliphatic rings. The van der Waals surface area contributed by atoms with Crippen molar-refractivity contribution in [1.82, 2.24) is 4.98 Å². The van der Waals surface area contributed by atoms with Crippen LogP contribution in [-0.4, -0.2) is 18.0 Å². The van der Waals surface area contributed by atoms with Crippen molar-refractivity contribution >= 4 is 11.6 Å². The fraction of sp³-hybridized carbons (Fsp3) is 0.154. The standard InChI is InChI=1S/C13H14N2O2/c1-17-12-4-2-11(3-5-12)15-13(16)8-10-6-7-14-9-10/h2-7,9,14H,8H2,1H3,(H,15,16). The lowest BCUT2D eigenvalue weighted by Gasteiger charge is -2.05. The highest BCUT2D eigenvalue weighted by molar-refractivity contribution is 5.92. The van der Waals surface area contributed by atoms with Gasteiger partial charge < -0.3 is 15.0 Å². The number of carbonyl (C=O) groups is 1. The van der Waals surface area contributed by atoms with Gasteiger partial charge in [-0.05, 0) is 35.9 Å². The third-order valence-electron chi connectivity index (χ3n) is 2.40. The topological polar surface area (TPSA) is 54.1 Å². The van der Waals surface area contributed by atoms with E-state index in [0.29, 0.717) is 6.42 Å². The molecule has 0 aliphatic carbocycles. The number of aromatic amines is 1. The van der Waals surface area contributed by atoms with Gasteiger partial charge in [0.25, 0.3) is 0 Å². The molecule has 17 heavy (non-hydrogen) atoms. The fourth-order valence-corrected chi connectivity index (χ4v) is 1.53. The van der Waals surface area contributed by atoms with Crippen LogP contribution in [0.3, 0.4) is 0 Å². The Hall–Kier alpha value is -2.23. The Kier molecular flexibility index (Phi) is 3.45. The second-order valence-corrected chi connectivity index (χ2v) is 3.67. The highest BCUT2D eigenvalue weighted by atomic mass is 16.5. The Morgan fingerprint density at radius 2 is 2.06 bits per heavy atom. The quantitative estimate of drug-likeness (QED) is 0.846. The van der Waals surface area contributed by atoms with E-state index in [4.69, 9.17) is 4.74 Å². The summed E-state index contributed by atoms with van der Waals surface area (Å²) in [6, 6.07) is 9.13. The first-order chi connectivity index (χ1) is 8.28. The summed E-state index contributed by atoms with van der Waals surface area (Å²) >= 11 is 0. The molecule has 0 fully saturated rings. The van der Waals surface area contributed by atoms with Gasteiger partial charge in [0.15, 0.2) is 0 Å². The van der Waals surface area contributed by atoms with E-state index in [1.807, 2.05) is 36.5 Å². The third kappa shape index (κ3) is 3.11. The molecule has 0 saturated carbocycles. The van der Waals surface area contributed by atoms with Crippen molar-refractivity contribution in [2.75, 3.05) is 12.4 Å². The van der Waals surface area contributed by atoms with Gasteiger partial charge in [-0.3, -0.25) is 4.79 Å². The van der Waals surface area contributed by atoms with Crippen molar-refractivity contribution < 1.29 is 9.53 Å². The van der Waals surface area contributed by atoms with E-state index in [-0.39, 0.29) is 5.91 Å². The zero-order valence-corrected chi connectivity index (χ0v) is 9.57. The van der Waals surface area contributed by atoms with Crippen LogP contribution in [0, 0.1) is 0 Å². The van der Waals surface area contributed by atoms with Gasteiger partial charge in [-0.1, -0.05) is 0 Å². The van der Waals surface area contributed by atoms with Crippen molar-refractivity contribution in [3.05, 3.63) is 48.3 Å². The maximum absolute atomic E-state index is 11.7. The molecule has 0 aliphatic heterocycles. The number of nitrogens with one attached hydrogen (secondary N) is 2. The number of aromatic nitrogens is 1. The van der Waals surface area contributed by atoms with Crippen LogP contribution in [0.5, 0.6) is 5.75 Å². The smallest absolute Gasteiger partial charge is 0.228 e. The van der Waals surface area contributed by atoms with Crippen molar-refractivity contribution in [2.24, 2.45) is 0 Å². The zero-order chi connectivity index (χ0) is 12.1. The normalized spacial score (nSPS) is 9.94. The molecule has 4 heteroatoms. The van der Waals surface area contributed by atoms with Gasteiger partial charge in [0.1, 0.15) is 5.75 Å². The molecular weight excluding hydrogens is 216 g/mol. The maximum atomic E-state index is 11.7. The van der Waals surface area contributed by atoms with Gasteiger partial charge in [-0.2, -0.15) is 0 Å². The third-order valence-corrected chi connectivity index (χ3v) is 2.40. The molecule has 0 atom stereocenters. The molecule has 0 radical (unpaired) electrons. The molecule has 1 aromatic heterocycles. The lowest BCUT2D eigenvalue weighted by atomic mass is 10.2. The predicted molar refractivity (Wildman–Crippen MR) is 66.1 cm³/mol. The van der Waals surface area contributed by atoms with Gasteiger partial charge >= 0.3 is 0 Å². The van der Waals surface area contributed by atoms with E-state index in [9.17, 15) is 4.79 Å². The van der Waals surface area contributed by atoms with E-state index >= 15 is 0 Å². The Morgan fingerprint density at radius 3 is 2.65 bits per heavy atom. The van der Waals surface area contributed by atoms with Crippen LogP contribution < -0.4 is 10.1 Å². The van der Waals surface area contributed by atoms with Crippen LogP contribution in [0.15, 0.2) is 42.7 Å². The molecular formula is C13H14N2O2. The molecule has 1 heterocycles. The van der Waals surface area contributed by atoms with Crippen molar-refractivity contribution in [1.29, 1.82) is 0 Å². The molecule has 2 N–H and O–H groups in total. The first kappa shape index (κ1) is 11.3. The minimum atomic E-state index is -0.0326.